The van der Waals surface area contributed by atoms with Crippen LogP contribution in [0.1, 0.15) is 27.8 Å². The van der Waals surface area contributed by atoms with Crippen LogP contribution in [0.4, 0.5) is 0 Å². The third-order valence-electron chi connectivity index (χ3n) is 5.15. The molecule has 1 atom stereocenters. The van der Waals surface area contributed by atoms with E-state index in [1.54, 1.807) is 40.4 Å². The van der Waals surface area contributed by atoms with E-state index in [4.69, 9.17) is 0 Å². The number of aromatic nitrogens is 2. The number of ketones is 1. The topological polar surface area (TPSA) is 86.4 Å². The fourth-order valence-corrected chi connectivity index (χ4v) is 4.24. The summed E-state index contributed by atoms with van der Waals surface area (Å²) in [7, 11) is 0. The van der Waals surface area contributed by atoms with E-state index in [9.17, 15) is 14.4 Å². The second-order valence-corrected chi connectivity index (χ2v) is 7.86. The van der Waals surface area contributed by atoms with E-state index in [2.05, 4.69) is 25.9 Å². The molecule has 1 aliphatic rings. The molecule has 0 saturated carbocycles. The molecule has 4 rings (SSSR count). The largest absolute Gasteiger partial charge is 0.360 e. The van der Waals surface area contributed by atoms with Crippen LogP contribution in [0, 0.1) is 0 Å². The predicted molar refractivity (Wildman–Crippen MR) is 112 cm³/mol. The van der Waals surface area contributed by atoms with Crippen molar-refractivity contribution in [3.63, 3.8) is 0 Å². The number of pyridine rings is 1. The number of carbonyl (C=O) groups is 3. The zero-order valence-corrected chi connectivity index (χ0v) is 17.3. The zero-order chi connectivity index (χ0) is 20.5. The van der Waals surface area contributed by atoms with Crippen LogP contribution < -0.4 is 0 Å². The Balaban J connectivity index is 1.50. The number of amides is 2. The van der Waals surface area contributed by atoms with Gasteiger partial charge in [0, 0.05) is 53.4 Å². The Morgan fingerprint density at radius 2 is 1.97 bits per heavy atom. The minimum atomic E-state index is -0.556. The normalized spacial score (nSPS) is 16.8. The van der Waals surface area contributed by atoms with Gasteiger partial charge in [0.25, 0.3) is 17.6 Å². The maximum atomic E-state index is 12.9. The first-order valence-corrected chi connectivity index (χ1v) is 10.1. The fourth-order valence-electron chi connectivity index (χ4n) is 3.66. The fraction of sp³-hybridized carbons (Fsp3) is 0.238. The highest BCUT2D eigenvalue weighted by molar-refractivity contribution is 9.10. The summed E-state index contributed by atoms with van der Waals surface area (Å²) in [6.07, 6.45) is 3.15. The average Bonchev–Trinajstić information content (AvgIpc) is 3.18. The Hall–Kier alpha value is -3.00. The van der Waals surface area contributed by atoms with Gasteiger partial charge in [-0.15, -0.1) is 0 Å². The Morgan fingerprint density at radius 3 is 2.69 bits per heavy atom. The summed E-state index contributed by atoms with van der Waals surface area (Å²) in [5.74, 6) is -1.28. The van der Waals surface area contributed by atoms with Crippen LogP contribution in [0.2, 0.25) is 0 Å². The molecule has 0 radical (unpaired) electrons. The molecular formula is C21H19BrN4O3. The first kappa shape index (κ1) is 19.3. The van der Waals surface area contributed by atoms with Crippen molar-refractivity contribution in [2.24, 2.45) is 0 Å². The summed E-state index contributed by atoms with van der Waals surface area (Å²) >= 11 is 3.45. The Bertz CT molecular complexity index is 1100. The van der Waals surface area contributed by atoms with Gasteiger partial charge < -0.3 is 14.8 Å². The Kier molecular flexibility index (Phi) is 5.19. The second-order valence-electron chi connectivity index (χ2n) is 7.01. The number of hydrogen-bond acceptors (Lipinski definition) is 4. The average molecular weight is 455 g/mol. The molecule has 1 N–H and O–H groups in total. The molecule has 2 aromatic heterocycles. The number of Topliss-reactive ketones (excluding diaryl/α,β-unsaturated/α-hetero) is 1. The standard InChI is InChI=1S/C21H19BrN4O3/c1-13-12-25(20(28)17-6-2-3-8-23-17)9-10-26(13)21(29)19(27)14-11-24-16-7-4-5-15(22)18(14)16/h2-8,11,13,24H,9-10,12H2,1H3/t13-/m1/s1. The molecule has 29 heavy (non-hydrogen) atoms. The van der Waals surface area contributed by atoms with Crippen molar-refractivity contribution in [1.29, 1.82) is 0 Å². The summed E-state index contributed by atoms with van der Waals surface area (Å²) in [6.45, 7) is 2.85. The van der Waals surface area contributed by atoms with Gasteiger partial charge in [0.05, 0.1) is 5.56 Å². The third-order valence-corrected chi connectivity index (χ3v) is 5.81. The summed E-state index contributed by atoms with van der Waals surface area (Å²) in [5, 5.41) is 0.697. The number of rotatable bonds is 3. The minimum absolute atomic E-state index is 0.170. The molecule has 0 unspecified atom stereocenters. The number of H-pyrrole nitrogens is 1. The van der Waals surface area contributed by atoms with Crippen LogP contribution in [0.25, 0.3) is 10.9 Å². The molecule has 7 nitrogen and oxygen atoms in total. The van der Waals surface area contributed by atoms with Crippen LogP contribution in [-0.2, 0) is 4.79 Å². The van der Waals surface area contributed by atoms with Crippen molar-refractivity contribution in [2.45, 2.75) is 13.0 Å². The lowest BCUT2D eigenvalue weighted by Gasteiger charge is -2.39. The van der Waals surface area contributed by atoms with Gasteiger partial charge in [0.15, 0.2) is 0 Å². The van der Waals surface area contributed by atoms with Gasteiger partial charge in [0.1, 0.15) is 5.69 Å². The molecule has 8 heteroatoms. The molecule has 1 fully saturated rings. The predicted octanol–water partition coefficient (Wildman–Crippen LogP) is 2.88. The van der Waals surface area contributed by atoms with Crippen molar-refractivity contribution in [3.05, 3.63) is 64.5 Å². The number of halogens is 1. The number of benzene rings is 1. The van der Waals surface area contributed by atoms with Crippen LogP contribution in [0.5, 0.6) is 0 Å². The molecule has 2 amide bonds. The van der Waals surface area contributed by atoms with Crippen LogP contribution in [0.15, 0.2) is 53.3 Å². The quantitative estimate of drug-likeness (QED) is 0.486. The van der Waals surface area contributed by atoms with Gasteiger partial charge in [-0.3, -0.25) is 19.4 Å². The van der Waals surface area contributed by atoms with Crippen molar-refractivity contribution in [3.8, 4) is 0 Å². The zero-order valence-electron chi connectivity index (χ0n) is 15.8. The molecule has 1 saturated heterocycles. The molecule has 3 aromatic rings. The molecule has 0 aliphatic carbocycles. The van der Waals surface area contributed by atoms with Crippen molar-refractivity contribution in [2.75, 3.05) is 19.6 Å². The monoisotopic (exact) mass is 454 g/mol. The maximum Gasteiger partial charge on any atom is 0.295 e. The summed E-state index contributed by atoms with van der Waals surface area (Å²) in [6, 6.07) is 10.5. The lowest BCUT2D eigenvalue weighted by Crippen LogP contribution is -2.56. The summed E-state index contributed by atoms with van der Waals surface area (Å²) < 4.78 is 0.756. The molecule has 0 bridgehead atoms. The van der Waals surface area contributed by atoms with Gasteiger partial charge in [0.2, 0.25) is 0 Å². The van der Waals surface area contributed by atoms with Gasteiger partial charge >= 0.3 is 0 Å². The highest BCUT2D eigenvalue weighted by Gasteiger charge is 2.34. The smallest absolute Gasteiger partial charge is 0.295 e. The maximum absolute atomic E-state index is 12.9. The number of fused-ring (bicyclic) bond motifs is 1. The van der Waals surface area contributed by atoms with E-state index in [-0.39, 0.29) is 11.9 Å². The number of carbonyl (C=O) groups excluding carboxylic acids is 3. The second kappa shape index (κ2) is 7.79. The molecule has 1 aliphatic heterocycles. The van der Waals surface area contributed by atoms with Gasteiger partial charge in [-0.05, 0) is 31.2 Å². The number of aromatic amines is 1. The highest BCUT2D eigenvalue weighted by Crippen LogP contribution is 2.28. The van der Waals surface area contributed by atoms with Crippen molar-refractivity contribution < 1.29 is 14.4 Å². The first-order valence-electron chi connectivity index (χ1n) is 9.28. The van der Waals surface area contributed by atoms with Crippen molar-refractivity contribution >= 4 is 44.4 Å². The molecule has 1 aromatic carbocycles. The van der Waals surface area contributed by atoms with E-state index in [0.29, 0.717) is 36.3 Å². The molecule has 0 spiro atoms. The van der Waals surface area contributed by atoms with Crippen LogP contribution in [0.3, 0.4) is 0 Å². The molecule has 3 heterocycles. The number of piperazine rings is 1. The highest BCUT2D eigenvalue weighted by atomic mass is 79.9. The summed E-state index contributed by atoms with van der Waals surface area (Å²) in [5.41, 5.74) is 1.50. The minimum Gasteiger partial charge on any atom is -0.360 e. The molecular weight excluding hydrogens is 436 g/mol. The van der Waals surface area contributed by atoms with E-state index >= 15 is 0 Å². The van der Waals surface area contributed by atoms with Gasteiger partial charge in [-0.25, -0.2) is 0 Å². The number of nitrogens with one attached hydrogen (secondary N) is 1. The van der Waals surface area contributed by atoms with E-state index in [1.807, 2.05) is 25.1 Å². The Morgan fingerprint density at radius 1 is 1.14 bits per heavy atom. The van der Waals surface area contributed by atoms with Gasteiger partial charge in [-0.2, -0.15) is 0 Å². The lowest BCUT2D eigenvalue weighted by molar-refractivity contribution is -0.130. The van der Waals surface area contributed by atoms with Crippen LogP contribution in [-0.4, -0.2) is 63.0 Å². The van der Waals surface area contributed by atoms with Crippen LogP contribution >= 0.6 is 15.9 Å². The van der Waals surface area contributed by atoms with E-state index in [1.165, 1.54) is 0 Å². The Labute approximate surface area is 175 Å². The number of nitrogens with zero attached hydrogens (tertiary/aromatic N) is 3. The van der Waals surface area contributed by atoms with E-state index in [0.717, 1.165) is 9.99 Å². The van der Waals surface area contributed by atoms with Gasteiger partial charge in [-0.1, -0.05) is 28.1 Å². The molecule has 148 valence electrons. The SMILES string of the molecule is C[C@@H]1CN(C(=O)c2ccccn2)CCN1C(=O)C(=O)c1c[nH]c2cccc(Br)c12. The van der Waals surface area contributed by atoms with E-state index < -0.39 is 11.7 Å². The number of hydrogen-bond donors (Lipinski definition) is 1. The summed E-state index contributed by atoms with van der Waals surface area (Å²) in [4.78, 5) is 48.8. The third kappa shape index (κ3) is 3.55. The lowest BCUT2D eigenvalue weighted by atomic mass is 10.1. The first-order chi connectivity index (χ1) is 14.0. The van der Waals surface area contributed by atoms with Crippen molar-refractivity contribution in [1.82, 2.24) is 19.8 Å².